The van der Waals surface area contributed by atoms with Gasteiger partial charge in [0, 0.05) is 28.8 Å². The lowest BCUT2D eigenvalue weighted by Gasteiger charge is -2.09. The monoisotopic (exact) mass is 342 g/mol. The van der Waals surface area contributed by atoms with E-state index in [1.54, 1.807) is 6.92 Å². The molecule has 0 bridgehead atoms. The number of aryl methyl sites for hydroxylation is 2. The van der Waals surface area contributed by atoms with Gasteiger partial charge in [-0.05, 0) is 36.6 Å². The topological polar surface area (TPSA) is 68.3 Å². The minimum atomic E-state index is -1.04. The quantitative estimate of drug-likeness (QED) is 0.782. The summed E-state index contributed by atoms with van der Waals surface area (Å²) in [6.07, 6.45) is 3.51. The van der Waals surface area contributed by atoms with Gasteiger partial charge in [-0.15, -0.1) is 0 Å². The summed E-state index contributed by atoms with van der Waals surface area (Å²) < 4.78 is 7.41. The zero-order valence-electron chi connectivity index (χ0n) is 13.0. The normalized spacial score (nSPS) is 12.8. The Hall–Kier alpha value is -2.53. The highest BCUT2D eigenvalue weighted by Crippen LogP contribution is 2.38. The first-order valence-corrected chi connectivity index (χ1v) is 8.07. The van der Waals surface area contributed by atoms with E-state index in [4.69, 9.17) is 16.0 Å². The van der Waals surface area contributed by atoms with Crippen molar-refractivity contribution in [1.82, 2.24) is 9.78 Å². The van der Waals surface area contributed by atoms with E-state index >= 15 is 0 Å². The highest BCUT2D eigenvalue weighted by Gasteiger charge is 2.29. The predicted molar refractivity (Wildman–Crippen MR) is 89.6 cm³/mol. The number of fused-ring (bicyclic) bond motifs is 3. The summed E-state index contributed by atoms with van der Waals surface area (Å²) in [5.74, 6) is -0.315. The van der Waals surface area contributed by atoms with Crippen molar-refractivity contribution in [2.75, 3.05) is 0 Å². The number of aromatic carboxylic acids is 1. The molecule has 0 unspecified atom stereocenters. The molecule has 1 aromatic carbocycles. The molecule has 0 radical (unpaired) electrons. The summed E-state index contributed by atoms with van der Waals surface area (Å²) in [5.41, 5.74) is 4.49. The van der Waals surface area contributed by atoms with Crippen LogP contribution in [0.4, 0.5) is 0 Å². The number of hydrogen-bond donors (Lipinski definition) is 1. The van der Waals surface area contributed by atoms with Gasteiger partial charge in [0.15, 0.2) is 0 Å². The van der Waals surface area contributed by atoms with Crippen molar-refractivity contribution in [3.63, 3.8) is 0 Å². The third-order valence-corrected chi connectivity index (χ3v) is 4.58. The second-order valence-corrected chi connectivity index (χ2v) is 6.43. The van der Waals surface area contributed by atoms with E-state index in [1.165, 1.54) is 0 Å². The maximum Gasteiger partial charge on any atom is 0.372 e. The molecular formula is C18H15ClN2O3. The molecule has 0 saturated carbocycles. The zero-order valence-corrected chi connectivity index (χ0v) is 13.8. The zero-order chi connectivity index (χ0) is 16.8. The number of furan rings is 1. The highest BCUT2D eigenvalue weighted by molar-refractivity contribution is 6.30. The molecule has 0 fully saturated rings. The molecular weight excluding hydrogens is 328 g/mol. The summed E-state index contributed by atoms with van der Waals surface area (Å²) in [6.45, 7) is 2.39. The molecule has 0 spiro atoms. The Bertz CT molecular complexity index is 955. The van der Waals surface area contributed by atoms with E-state index in [0.29, 0.717) is 29.3 Å². The second kappa shape index (κ2) is 5.53. The Labute approximate surface area is 143 Å². The molecule has 122 valence electrons. The molecule has 6 heteroatoms. The van der Waals surface area contributed by atoms with Crippen molar-refractivity contribution in [3.8, 4) is 11.3 Å². The minimum Gasteiger partial charge on any atom is -0.475 e. The van der Waals surface area contributed by atoms with Crippen molar-refractivity contribution in [1.29, 1.82) is 0 Å². The van der Waals surface area contributed by atoms with Crippen molar-refractivity contribution < 1.29 is 14.3 Å². The number of benzene rings is 1. The summed E-state index contributed by atoms with van der Waals surface area (Å²) >= 11 is 6.03. The van der Waals surface area contributed by atoms with Crippen molar-refractivity contribution in [2.24, 2.45) is 0 Å². The number of carboxylic acid groups (broad SMARTS) is 1. The van der Waals surface area contributed by atoms with Gasteiger partial charge in [0.05, 0.1) is 12.2 Å². The lowest BCUT2D eigenvalue weighted by atomic mass is 9.94. The van der Waals surface area contributed by atoms with Crippen molar-refractivity contribution in [2.45, 2.75) is 26.3 Å². The third-order valence-electron chi connectivity index (χ3n) is 4.34. The molecule has 1 aliphatic rings. The number of aromatic nitrogens is 2. The first kappa shape index (κ1) is 15.0. The number of rotatable bonds is 3. The third kappa shape index (κ3) is 2.41. The smallest absolute Gasteiger partial charge is 0.372 e. The molecule has 0 amide bonds. The van der Waals surface area contributed by atoms with Gasteiger partial charge in [0.1, 0.15) is 5.76 Å². The maximum absolute atomic E-state index is 11.3. The molecule has 5 nitrogen and oxygen atoms in total. The van der Waals surface area contributed by atoms with Crippen LogP contribution in [-0.2, 0) is 19.4 Å². The van der Waals surface area contributed by atoms with Gasteiger partial charge < -0.3 is 9.52 Å². The molecule has 4 rings (SSSR count). The fourth-order valence-electron chi connectivity index (χ4n) is 3.27. The van der Waals surface area contributed by atoms with Gasteiger partial charge in [0.2, 0.25) is 5.76 Å². The van der Waals surface area contributed by atoms with Crippen LogP contribution in [0.2, 0.25) is 5.02 Å². The van der Waals surface area contributed by atoms with Crippen LogP contribution in [0.1, 0.15) is 33.0 Å². The average Bonchev–Trinajstić information content (AvgIpc) is 3.07. The largest absolute Gasteiger partial charge is 0.475 e. The summed E-state index contributed by atoms with van der Waals surface area (Å²) in [6, 6.07) is 7.68. The SMILES string of the molecule is Cc1c(C(=O)O)oc2c1-c1nn(Cc3cccc(Cl)c3)cc1CC2. The van der Waals surface area contributed by atoms with E-state index < -0.39 is 5.97 Å². The summed E-state index contributed by atoms with van der Waals surface area (Å²) in [7, 11) is 0. The van der Waals surface area contributed by atoms with Crippen molar-refractivity contribution in [3.05, 3.63) is 63.7 Å². The maximum atomic E-state index is 11.3. The Balaban J connectivity index is 1.74. The van der Waals surface area contributed by atoms with Crippen LogP contribution in [-0.4, -0.2) is 20.9 Å². The van der Waals surface area contributed by atoms with Gasteiger partial charge >= 0.3 is 5.97 Å². The van der Waals surface area contributed by atoms with Crippen LogP contribution in [0.3, 0.4) is 0 Å². The van der Waals surface area contributed by atoms with Crippen LogP contribution >= 0.6 is 11.6 Å². The summed E-state index contributed by atoms with van der Waals surface area (Å²) in [4.78, 5) is 11.3. The van der Waals surface area contributed by atoms with Gasteiger partial charge in [-0.25, -0.2) is 4.79 Å². The number of hydrogen-bond acceptors (Lipinski definition) is 3. The molecule has 3 aromatic rings. The minimum absolute atomic E-state index is 0.0113. The van der Waals surface area contributed by atoms with E-state index in [2.05, 4.69) is 5.10 Å². The molecule has 0 atom stereocenters. The summed E-state index contributed by atoms with van der Waals surface area (Å²) in [5, 5.41) is 14.6. The molecule has 0 aliphatic heterocycles. The van der Waals surface area contributed by atoms with Gasteiger partial charge in [-0.3, -0.25) is 4.68 Å². The number of halogens is 1. The average molecular weight is 343 g/mol. The Morgan fingerprint density at radius 1 is 1.42 bits per heavy atom. The predicted octanol–water partition coefficient (Wildman–Crippen LogP) is 3.95. The van der Waals surface area contributed by atoms with Gasteiger partial charge in [-0.2, -0.15) is 5.10 Å². The van der Waals surface area contributed by atoms with Crippen molar-refractivity contribution >= 4 is 17.6 Å². The van der Waals surface area contributed by atoms with E-state index in [-0.39, 0.29) is 5.76 Å². The Kier molecular flexibility index (Phi) is 3.46. The van der Waals surface area contributed by atoms with Crippen LogP contribution in [0.15, 0.2) is 34.9 Å². The van der Waals surface area contributed by atoms with Gasteiger partial charge in [0.25, 0.3) is 0 Å². The first-order chi connectivity index (χ1) is 11.5. The van der Waals surface area contributed by atoms with E-state index in [0.717, 1.165) is 28.8 Å². The van der Waals surface area contributed by atoms with Gasteiger partial charge in [-0.1, -0.05) is 23.7 Å². The molecule has 1 N–H and O–H groups in total. The lowest BCUT2D eigenvalue weighted by Crippen LogP contribution is -2.01. The number of nitrogens with zero attached hydrogens (tertiary/aromatic N) is 2. The highest BCUT2D eigenvalue weighted by atomic mass is 35.5. The molecule has 2 aromatic heterocycles. The fourth-order valence-corrected chi connectivity index (χ4v) is 3.48. The van der Waals surface area contributed by atoms with Crippen LogP contribution in [0.5, 0.6) is 0 Å². The lowest BCUT2D eigenvalue weighted by molar-refractivity contribution is 0.0659. The number of carboxylic acids is 1. The molecule has 2 heterocycles. The van der Waals surface area contributed by atoms with Crippen LogP contribution in [0, 0.1) is 6.92 Å². The molecule has 1 aliphatic carbocycles. The Morgan fingerprint density at radius 3 is 3.00 bits per heavy atom. The number of carbonyl (C=O) groups is 1. The van der Waals surface area contributed by atoms with E-state index in [9.17, 15) is 9.90 Å². The fraction of sp³-hybridized carbons (Fsp3) is 0.222. The van der Waals surface area contributed by atoms with Crippen LogP contribution < -0.4 is 0 Å². The first-order valence-electron chi connectivity index (χ1n) is 7.69. The molecule has 0 saturated heterocycles. The second-order valence-electron chi connectivity index (χ2n) is 5.99. The standard InChI is InChI=1S/C18H15ClN2O3/c1-10-15-14(24-17(10)18(22)23)6-5-12-9-21(20-16(12)15)8-11-3-2-4-13(19)7-11/h2-4,7,9H,5-6,8H2,1H3,(H,22,23). The van der Waals surface area contributed by atoms with Crippen LogP contribution in [0.25, 0.3) is 11.3 Å². The van der Waals surface area contributed by atoms with E-state index in [1.807, 2.05) is 35.1 Å². The Morgan fingerprint density at radius 2 is 2.25 bits per heavy atom. The molecule has 24 heavy (non-hydrogen) atoms.